The number of alkyl halides is 3. The van der Waals surface area contributed by atoms with E-state index in [2.05, 4.69) is 26.6 Å². The van der Waals surface area contributed by atoms with E-state index >= 15 is 0 Å². The molecular weight excluding hydrogens is 779 g/mol. The summed E-state index contributed by atoms with van der Waals surface area (Å²) in [6.07, 6.45) is -2.89. The van der Waals surface area contributed by atoms with E-state index in [0.717, 1.165) is 17.5 Å². The topological polar surface area (TPSA) is 272 Å². The Kier molecular flexibility index (Phi) is 22.4. The van der Waals surface area contributed by atoms with Gasteiger partial charge in [-0.15, -0.1) is 0 Å². The molecule has 0 aliphatic rings. The lowest BCUT2D eigenvalue weighted by molar-refractivity contribution is -0.192. The molecule has 6 unspecified atom stereocenters. The van der Waals surface area contributed by atoms with Gasteiger partial charge in [-0.1, -0.05) is 94.8 Å². The molecule has 2 rings (SSSR count). The second-order valence-electron chi connectivity index (χ2n) is 14.7. The van der Waals surface area contributed by atoms with Crippen LogP contribution in [0.15, 0.2) is 60.7 Å². The molecule has 0 fully saturated rings. The van der Waals surface area contributed by atoms with E-state index in [1.807, 2.05) is 19.9 Å². The minimum atomic E-state index is -5.08. The highest BCUT2D eigenvalue weighted by Crippen LogP contribution is 2.14. The smallest absolute Gasteiger partial charge is 0.480 e. The van der Waals surface area contributed by atoms with Gasteiger partial charge in [-0.2, -0.15) is 13.2 Å². The van der Waals surface area contributed by atoms with Crippen molar-refractivity contribution in [3.8, 4) is 0 Å². The summed E-state index contributed by atoms with van der Waals surface area (Å²) in [6, 6.07) is 11.4. The van der Waals surface area contributed by atoms with E-state index in [1.165, 1.54) is 6.92 Å². The predicted molar refractivity (Wildman–Crippen MR) is 212 cm³/mol. The number of aliphatic carboxylic acids is 2. The third kappa shape index (κ3) is 20.1. The van der Waals surface area contributed by atoms with Crippen molar-refractivity contribution in [3.05, 3.63) is 71.8 Å². The molecule has 328 valence electrons. The number of nitrogens with one attached hydrogen (secondary N) is 5. The Morgan fingerprint density at radius 1 is 0.627 bits per heavy atom. The Balaban J connectivity index is 0.00000227. The van der Waals surface area contributed by atoms with E-state index in [0.29, 0.717) is 25.8 Å². The Morgan fingerprint density at radius 2 is 1.05 bits per heavy atom. The quantitative estimate of drug-likeness (QED) is 0.0772. The molecule has 2 aromatic carbocycles. The summed E-state index contributed by atoms with van der Waals surface area (Å²) < 4.78 is 31.7. The number of halogens is 3. The lowest BCUT2D eigenvalue weighted by atomic mass is 9.98. The second-order valence-corrected chi connectivity index (χ2v) is 14.7. The Hall–Kier alpha value is -5.56. The number of carbonyl (C=O) groups excluding carboxylic acids is 5. The summed E-state index contributed by atoms with van der Waals surface area (Å²) in [5.74, 6) is -7.48. The van der Waals surface area contributed by atoms with Crippen molar-refractivity contribution in [2.75, 3.05) is 6.54 Å². The monoisotopic (exact) mass is 837 g/mol. The van der Waals surface area contributed by atoms with E-state index < -0.39 is 89.8 Å². The number of carboxylic acids is 2. The van der Waals surface area contributed by atoms with Crippen LogP contribution in [0.5, 0.6) is 0 Å². The maximum Gasteiger partial charge on any atom is 0.490 e. The van der Waals surface area contributed by atoms with Gasteiger partial charge in [0.2, 0.25) is 29.5 Å². The van der Waals surface area contributed by atoms with Crippen molar-refractivity contribution >= 4 is 41.5 Å². The summed E-state index contributed by atoms with van der Waals surface area (Å²) in [4.78, 5) is 88.0. The summed E-state index contributed by atoms with van der Waals surface area (Å²) in [5.41, 5.74) is 13.1. The van der Waals surface area contributed by atoms with Crippen LogP contribution in [0.25, 0.3) is 0 Å². The molecule has 0 saturated heterocycles. The van der Waals surface area contributed by atoms with Crippen LogP contribution in [0.3, 0.4) is 0 Å². The van der Waals surface area contributed by atoms with Crippen LogP contribution >= 0.6 is 0 Å². The van der Waals surface area contributed by atoms with Crippen LogP contribution in [-0.2, 0) is 46.4 Å². The van der Waals surface area contributed by atoms with Gasteiger partial charge in [0.05, 0.1) is 6.04 Å². The number of hydrogen-bond donors (Lipinski definition) is 9. The Morgan fingerprint density at radius 3 is 1.46 bits per heavy atom. The molecule has 0 aromatic heterocycles. The molecule has 19 heteroatoms. The van der Waals surface area contributed by atoms with Crippen LogP contribution in [0.4, 0.5) is 13.2 Å². The molecule has 0 heterocycles. The average Bonchev–Trinajstić information content (AvgIpc) is 3.16. The average molecular weight is 838 g/mol. The van der Waals surface area contributed by atoms with Gasteiger partial charge < -0.3 is 48.3 Å². The van der Waals surface area contributed by atoms with E-state index in [4.69, 9.17) is 21.4 Å². The molecule has 6 atom stereocenters. The number of benzene rings is 2. The summed E-state index contributed by atoms with van der Waals surface area (Å²) in [7, 11) is 0. The standard InChI is InChI=1S/C38H57N7O7.C2HF3O2/c1-23(2)20-29(42-33(46)28(40)18-12-13-19-39)36(49)45-32(24(3)4)37(50)44-31(22-27-16-10-7-11-17-27)35(48)43-30(21-26-14-8-6-9-15-26)34(47)41-25(5)38(51)52;3-2(4,5)1(6)7/h6-11,14-17,23-25,28-32H,12-13,18-22,39-40H2,1-5H3,(H,41,47)(H,42,46)(H,43,48)(H,44,50)(H,45,49)(H,51,52);(H,6,7). The van der Waals surface area contributed by atoms with Crippen molar-refractivity contribution < 1.29 is 56.9 Å². The third-order valence-corrected chi connectivity index (χ3v) is 8.70. The zero-order chi connectivity index (χ0) is 44.9. The normalized spacial score (nSPS) is 14.2. The molecule has 59 heavy (non-hydrogen) atoms. The second kappa shape index (κ2) is 25.7. The van der Waals surface area contributed by atoms with Gasteiger partial charge in [-0.25, -0.2) is 4.79 Å². The molecule has 11 N–H and O–H groups in total. The van der Waals surface area contributed by atoms with Crippen LogP contribution in [0.2, 0.25) is 0 Å². The van der Waals surface area contributed by atoms with Crippen molar-refractivity contribution in [3.63, 3.8) is 0 Å². The highest BCUT2D eigenvalue weighted by atomic mass is 19.4. The van der Waals surface area contributed by atoms with Crippen molar-refractivity contribution in [1.29, 1.82) is 0 Å². The number of carboxylic acid groups (broad SMARTS) is 2. The number of carbonyl (C=O) groups is 7. The largest absolute Gasteiger partial charge is 0.490 e. The molecule has 0 saturated carbocycles. The highest BCUT2D eigenvalue weighted by Gasteiger charge is 2.38. The minimum Gasteiger partial charge on any atom is -0.480 e. The van der Waals surface area contributed by atoms with Crippen LogP contribution in [0.1, 0.15) is 71.4 Å². The lowest BCUT2D eigenvalue weighted by Gasteiger charge is -2.29. The molecule has 0 spiro atoms. The molecule has 2 aromatic rings. The molecule has 0 aliphatic carbocycles. The summed E-state index contributed by atoms with van der Waals surface area (Å²) >= 11 is 0. The van der Waals surface area contributed by atoms with Gasteiger partial charge in [0.1, 0.15) is 30.2 Å². The SMILES string of the molecule is CC(C)CC(NC(=O)C(N)CCCCN)C(=O)NC(C(=O)NC(Cc1ccccc1)C(=O)NC(Cc1ccccc1)C(=O)NC(C)C(=O)O)C(C)C.O=C(O)C(F)(F)F. The fourth-order valence-electron chi connectivity index (χ4n) is 5.44. The van der Waals surface area contributed by atoms with Gasteiger partial charge in [0.15, 0.2) is 0 Å². The molecular formula is C40H58F3N7O9. The van der Waals surface area contributed by atoms with Crippen molar-refractivity contribution in [2.24, 2.45) is 23.3 Å². The number of amides is 5. The van der Waals surface area contributed by atoms with Gasteiger partial charge >= 0.3 is 18.1 Å². The number of hydrogen-bond acceptors (Lipinski definition) is 9. The first-order valence-corrected chi connectivity index (χ1v) is 19.1. The Labute approximate surface area is 341 Å². The summed E-state index contributed by atoms with van der Waals surface area (Å²) in [6.45, 7) is 9.08. The minimum absolute atomic E-state index is 0.0225. The molecule has 0 aliphatic heterocycles. The van der Waals surface area contributed by atoms with E-state index in [1.54, 1.807) is 68.4 Å². The van der Waals surface area contributed by atoms with Crippen molar-refractivity contribution in [2.45, 2.75) is 116 Å². The summed E-state index contributed by atoms with van der Waals surface area (Å²) in [5, 5.41) is 29.9. The van der Waals surface area contributed by atoms with Gasteiger partial charge in [-0.05, 0) is 55.7 Å². The fourth-order valence-corrected chi connectivity index (χ4v) is 5.44. The van der Waals surface area contributed by atoms with E-state index in [-0.39, 0.29) is 18.8 Å². The van der Waals surface area contributed by atoms with Gasteiger partial charge in [0, 0.05) is 12.8 Å². The number of nitrogens with two attached hydrogens (primary N) is 2. The first-order valence-electron chi connectivity index (χ1n) is 19.1. The fraction of sp³-hybridized carbons (Fsp3) is 0.525. The third-order valence-electron chi connectivity index (χ3n) is 8.70. The molecule has 16 nitrogen and oxygen atoms in total. The zero-order valence-corrected chi connectivity index (χ0v) is 33.9. The zero-order valence-electron chi connectivity index (χ0n) is 33.9. The highest BCUT2D eigenvalue weighted by molar-refractivity contribution is 5.96. The lowest BCUT2D eigenvalue weighted by Crippen LogP contribution is -2.60. The van der Waals surface area contributed by atoms with Gasteiger partial charge in [0.25, 0.3) is 0 Å². The predicted octanol–water partition coefficient (Wildman–Crippen LogP) is 1.79. The van der Waals surface area contributed by atoms with Crippen LogP contribution < -0.4 is 38.1 Å². The first-order chi connectivity index (χ1) is 27.6. The maximum absolute atomic E-state index is 14.0. The first kappa shape index (κ1) is 51.5. The molecule has 5 amide bonds. The molecule has 0 bridgehead atoms. The number of rotatable bonds is 22. The van der Waals surface area contributed by atoms with Crippen molar-refractivity contribution in [1.82, 2.24) is 26.6 Å². The molecule has 0 radical (unpaired) electrons. The number of unbranched alkanes of at least 4 members (excludes halogenated alkanes) is 1. The van der Waals surface area contributed by atoms with Crippen LogP contribution in [0, 0.1) is 11.8 Å². The maximum atomic E-state index is 14.0. The van der Waals surface area contributed by atoms with Crippen LogP contribution in [-0.4, -0.2) is 101 Å². The van der Waals surface area contributed by atoms with Gasteiger partial charge in [-0.3, -0.25) is 28.8 Å². The van der Waals surface area contributed by atoms with E-state index in [9.17, 15) is 47.0 Å². The Bertz CT molecular complexity index is 1670.